The number of hydrogen-bond acceptors (Lipinski definition) is 4. The van der Waals surface area contributed by atoms with Crippen molar-refractivity contribution < 1.29 is 13.2 Å². The lowest BCUT2D eigenvalue weighted by Crippen LogP contribution is -2.11. The lowest BCUT2D eigenvalue weighted by molar-refractivity contribution is -0.136. The molecule has 0 aliphatic rings. The molecule has 3 rings (SSSR count). The van der Waals surface area contributed by atoms with Gasteiger partial charge in [-0.3, -0.25) is 0 Å². The highest BCUT2D eigenvalue weighted by molar-refractivity contribution is 7.15. The van der Waals surface area contributed by atoms with Crippen molar-refractivity contribution >= 4 is 22.7 Å². The number of nitrogen functional groups attached to an aromatic ring is 2. The Morgan fingerprint density at radius 2 is 1.65 bits per heavy atom. The molecule has 0 aliphatic carbocycles. The SMILES string of the molecule is CC(C)c1cnc(-c2c(N)ccc(-c3ccc(N)cc3)c2C(F)(F)F)s1. The standard InChI is InChI=1S/C19H18F3N3S/c1-10(2)15-9-25-18(26-15)16-14(24)8-7-13(17(16)19(20,21)22)11-3-5-12(23)6-4-11/h3-10H,23-24H2,1-2H3. The van der Waals surface area contributed by atoms with Gasteiger partial charge in [0, 0.05) is 28.0 Å². The summed E-state index contributed by atoms with van der Waals surface area (Å²) < 4.78 is 42.0. The van der Waals surface area contributed by atoms with Gasteiger partial charge in [0.25, 0.3) is 0 Å². The highest BCUT2D eigenvalue weighted by Gasteiger charge is 2.38. The van der Waals surface area contributed by atoms with Gasteiger partial charge in [-0.2, -0.15) is 13.2 Å². The number of thiazole rings is 1. The van der Waals surface area contributed by atoms with Gasteiger partial charge in [-0.25, -0.2) is 4.98 Å². The molecule has 136 valence electrons. The van der Waals surface area contributed by atoms with Crippen molar-refractivity contribution in [3.8, 4) is 21.7 Å². The molecule has 0 spiro atoms. The van der Waals surface area contributed by atoms with Crippen LogP contribution in [0.1, 0.15) is 30.2 Å². The maximum Gasteiger partial charge on any atom is 0.417 e. The highest BCUT2D eigenvalue weighted by Crippen LogP contribution is 2.47. The van der Waals surface area contributed by atoms with Crippen molar-refractivity contribution in [2.45, 2.75) is 25.9 Å². The van der Waals surface area contributed by atoms with Crippen LogP contribution < -0.4 is 11.5 Å². The van der Waals surface area contributed by atoms with E-state index in [2.05, 4.69) is 4.98 Å². The Balaban J connectivity index is 2.29. The Labute approximate surface area is 153 Å². The van der Waals surface area contributed by atoms with Crippen molar-refractivity contribution in [2.75, 3.05) is 11.5 Å². The van der Waals surface area contributed by atoms with Gasteiger partial charge < -0.3 is 11.5 Å². The Morgan fingerprint density at radius 1 is 1.00 bits per heavy atom. The molecule has 0 bridgehead atoms. The molecular weight excluding hydrogens is 359 g/mol. The number of alkyl halides is 3. The molecule has 1 heterocycles. The van der Waals surface area contributed by atoms with Crippen LogP contribution in [0.25, 0.3) is 21.7 Å². The minimum absolute atomic E-state index is 0.0566. The molecule has 4 N–H and O–H groups in total. The van der Waals surface area contributed by atoms with Gasteiger partial charge in [-0.05, 0) is 35.2 Å². The van der Waals surface area contributed by atoms with Crippen LogP contribution >= 0.6 is 11.3 Å². The molecule has 0 aliphatic heterocycles. The zero-order valence-corrected chi connectivity index (χ0v) is 15.1. The normalized spacial score (nSPS) is 11.9. The fourth-order valence-corrected chi connectivity index (χ4v) is 3.71. The molecule has 0 unspecified atom stereocenters. The third-order valence-electron chi connectivity index (χ3n) is 4.05. The van der Waals surface area contributed by atoms with Gasteiger partial charge >= 0.3 is 6.18 Å². The summed E-state index contributed by atoms with van der Waals surface area (Å²) in [6, 6.07) is 9.18. The lowest BCUT2D eigenvalue weighted by Gasteiger charge is -2.18. The summed E-state index contributed by atoms with van der Waals surface area (Å²) in [4.78, 5) is 5.12. The first-order valence-corrected chi connectivity index (χ1v) is 8.81. The molecule has 7 heteroatoms. The monoisotopic (exact) mass is 377 g/mol. The Hall–Kier alpha value is -2.54. The van der Waals surface area contributed by atoms with Gasteiger partial charge in [0.15, 0.2) is 0 Å². The third-order valence-corrected chi connectivity index (χ3v) is 5.36. The quantitative estimate of drug-likeness (QED) is 0.568. The summed E-state index contributed by atoms with van der Waals surface area (Å²) in [5.41, 5.74) is 11.8. The predicted octanol–water partition coefficient (Wildman–Crippen LogP) is 5.78. The first kappa shape index (κ1) is 18.3. The number of hydrogen-bond donors (Lipinski definition) is 2. The van der Waals surface area contributed by atoms with Gasteiger partial charge in [0.1, 0.15) is 5.01 Å². The third kappa shape index (κ3) is 3.39. The van der Waals surface area contributed by atoms with E-state index in [1.807, 2.05) is 13.8 Å². The van der Waals surface area contributed by atoms with Crippen molar-refractivity contribution in [1.29, 1.82) is 0 Å². The van der Waals surface area contributed by atoms with Crippen LogP contribution in [0.3, 0.4) is 0 Å². The summed E-state index contributed by atoms with van der Waals surface area (Å²) in [6.45, 7) is 3.94. The maximum atomic E-state index is 14.0. The largest absolute Gasteiger partial charge is 0.417 e. The van der Waals surface area contributed by atoms with E-state index in [-0.39, 0.29) is 27.7 Å². The van der Waals surface area contributed by atoms with E-state index in [9.17, 15) is 13.2 Å². The first-order chi connectivity index (χ1) is 12.2. The Kier molecular flexibility index (Phi) is 4.66. The molecule has 0 saturated carbocycles. The second-order valence-electron chi connectivity index (χ2n) is 6.29. The minimum atomic E-state index is -4.58. The van der Waals surface area contributed by atoms with Crippen LogP contribution in [0.4, 0.5) is 24.5 Å². The number of nitrogens with zero attached hydrogens (tertiary/aromatic N) is 1. The maximum absolute atomic E-state index is 14.0. The average Bonchev–Trinajstić information content (AvgIpc) is 3.04. The molecule has 1 aromatic heterocycles. The van der Waals surface area contributed by atoms with E-state index in [4.69, 9.17) is 11.5 Å². The van der Waals surface area contributed by atoms with E-state index < -0.39 is 11.7 Å². The van der Waals surface area contributed by atoms with Crippen LogP contribution in [-0.4, -0.2) is 4.98 Å². The lowest BCUT2D eigenvalue weighted by atomic mass is 9.93. The number of nitrogens with two attached hydrogens (primary N) is 2. The molecular formula is C19H18F3N3S. The van der Waals surface area contributed by atoms with Crippen LogP contribution in [0, 0.1) is 0 Å². The van der Waals surface area contributed by atoms with E-state index in [0.29, 0.717) is 11.3 Å². The smallest absolute Gasteiger partial charge is 0.399 e. The fraction of sp³-hybridized carbons (Fsp3) is 0.211. The van der Waals surface area contributed by atoms with Crippen LogP contribution in [-0.2, 0) is 6.18 Å². The number of rotatable bonds is 3. The van der Waals surface area contributed by atoms with E-state index in [1.54, 1.807) is 30.5 Å². The summed E-state index contributed by atoms with van der Waals surface area (Å²) in [5.74, 6) is 0.178. The zero-order valence-electron chi connectivity index (χ0n) is 14.3. The summed E-state index contributed by atoms with van der Waals surface area (Å²) in [5, 5.41) is 0.274. The van der Waals surface area contributed by atoms with E-state index >= 15 is 0 Å². The summed E-state index contributed by atoms with van der Waals surface area (Å²) in [7, 11) is 0. The summed E-state index contributed by atoms with van der Waals surface area (Å²) in [6.07, 6.45) is -2.97. The van der Waals surface area contributed by atoms with Crippen molar-refractivity contribution in [1.82, 2.24) is 4.98 Å². The molecule has 26 heavy (non-hydrogen) atoms. The minimum Gasteiger partial charge on any atom is -0.399 e. The number of benzene rings is 2. The van der Waals surface area contributed by atoms with Crippen molar-refractivity contribution in [2.24, 2.45) is 0 Å². The zero-order chi connectivity index (χ0) is 19.1. The van der Waals surface area contributed by atoms with Gasteiger partial charge in [0.05, 0.1) is 5.56 Å². The molecule has 0 radical (unpaired) electrons. The van der Waals surface area contributed by atoms with Crippen LogP contribution in [0.5, 0.6) is 0 Å². The second kappa shape index (κ2) is 6.64. The van der Waals surface area contributed by atoms with Crippen molar-refractivity contribution in [3.05, 3.63) is 53.0 Å². The van der Waals surface area contributed by atoms with Crippen LogP contribution in [0.2, 0.25) is 0 Å². The summed E-state index contributed by atoms with van der Waals surface area (Å²) >= 11 is 1.23. The molecule has 0 fully saturated rings. The highest BCUT2D eigenvalue weighted by atomic mass is 32.1. The van der Waals surface area contributed by atoms with E-state index in [1.165, 1.54) is 23.5 Å². The Morgan fingerprint density at radius 3 is 2.19 bits per heavy atom. The van der Waals surface area contributed by atoms with E-state index in [0.717, 1.165) is 4.88 Å². The molecule has 0 amide bonds. The predicted molar refractivity (Wildman–Crippen MR) is 101 cm³/mol. The molecule has 0 atom stereocenters. The molecule has 0 saturated heterocycles. The van der Waals surface area contributed by atoms with Gasteiger partial charge in [-0.1, -0.05) is 32.0 Å². The number of aromatic nitrogens is 1. The van der Waals surface area contributed by atoms with Gasteiger partial charge in [-0.15, -0.1) is 11.3 Å². The molecule has 2 aromatic carbocycles. The number of halogens is 3. The Bertz CT molecular complexity index is 928. The second-order valence-corrected chi connectivity index (χ2v) is 7.36. The fourth-order valence-electron chi connectivity index (χ4n) is 2.72. The number of anilines is 2. The van der Waals surface area contributed by atoms with Crippen molar-refractivity contribution in [3.63, 3.8) is 0 Å². The molecule has 3 aromatic rings. The first-order valence-electron chi connectivity index (χ1n) is 8.00. The molecule has 3 nitrogen and oxygen atoms in total. The van der Waals surface area contributed by atoms with Gasteiger partial charge in [0.2, 0.25) is 0 Å². The van der Waals surface area contributed by atoms with Crippen LogP contribution in [0.15, 0.2) is 42.6 Å². The average molecular weight is 377 g/mol. The topological polar surface area (TPSA) is 64.9 Å².